The van der Waals surface area contributed by atoms with Gasteiger partial charge in [0.1, 0.15) is 34.8 Å². The zero-order valence-electron chi connectivity index (χ0n) is 31.3. The lowest BCUT2D eigenvalue weighted by Gasteiger charge is -2.30. The Balaban J connectivity index is 1.25. The first-order valence-corrected chi connectivity index (χ1v) is 18.7. The van der Waals surface area contributed by atoms with Crippen LogP contribution in [-0.2, 0) is 19.1 Å². The fourth-order valence-electron chi connectivity index (χ4n) is 7.44. The number of fused-ring (bicyclic) bond motifs is 1. The van der Waals surface area contributed by atoms with Crippen molar-refractivity contribution in [3.05, 3.63) is 36.2 Å². The monoisotopic (exact) mass is 748 g/mol. The molecule has 4 amide bonds. The molecule has 6 atom stereocenters. The number of ether oxygens (including phenoxy) is 2. The van der Waals surface area contributed by atoms with Crippen LogP contribution in [0.5, 0.6) is 0 Å². The number of carbonyl (C=O) groups is 4. The van der Waals surface area contributed by atoms with Gasteiger partial charge < -0.3 is 39.9 Å². The molecule has 53 heavy (non-hydrogen) atoms. The largest absolute Gasteiger partial charge is 0.453 e. The van der Waals surface area contributed by atoms with Crippen LogP contribution in [0.2, 0.25) is 0 Å². The Kier molecular flexibility index (Phi) is 11.0. The summed E-state index contributed by atoms with van der Waals surface area (Å²) in [4.78, 5) is 71.6. The molecule has 0 spiro atoms. The van der Waals surface area contributed by atoms with Crippen LogP contribution in [0.1, 0.15) is 78.1 Å². The molecule has 0 saturated carbocycles. The van der Waals surface area contributed by atoms with Gasteiger partial charge in [-0.05, 0) is 48.6 Å². The van der Waals surface area contributed by atoms with Crippen molar-refractivity contribution in [1.29, 1.82) is 0 Å². The summed E-state index contributed by atoms with van der Waals surface area (Å²) >= 11 is 1.11. The molecule has 2 aliphatic heterocycles. The number of aromatic amines is 2. The fourth-order valence-corrected chi connectivity index (χ4v) is 8.01. The number of imidazole rings is 2. The van der Waals surface area contributed by atoms with Gasteiger partial charge in [-0.25, -0.2) is 19.6 Å². The number of aromatic nitrogens is 6. The Morgan fingerprint density at radius 2 is 1.13 bits per heavy atom. The number of hydrogen-bond acceptors (Lipinski definition) is 11. The molecule has 2 fully saturated rings. The second kappa shape index (κ2) is 15.5. The van der Waals surface area contributed by atoms with Gasteiger partial charge in [0.15, 0.2) is 0 Å². The van der Waals surface area contributed by atoms with Gasteiger partial charge in [-0.2, -0.15) is 8.75 Å². The maximum atomic E-state index is 13.8. The highest BCUT2D eigenvalue weighted by Crippen LogP contribution is 2.39. The second-order valence-corrected chi connectivity index (χ2v) is 15.4. The van der Waals surface area contributed by atoms with E-state index < -0.39 is 24.3 Å². The molecule has 1 aromatic carbocycles. The SMILES string of the molecule is COC(=O)N[C@H](C(=O)N1C[C@@H](C)C[C@H]1c1ncc(-c2ccc(-c3cnc([C@@H]4C[C@H](C)CN4C(=O)[C@@H](NC(=O)OC)C(C)C)[nH]3)c3nsnc23)[nH]1)C(C)C. The summed E-state index contributed by atoms with van der Waals surface area (Å²) in [7, 11) is 2.56. The fraction of sp³-hybridized carbons (Fsp3) is 0.556. The number of amides is 4. The topological polar surface area (TPSA) is 200 Å². The summed E-state index contributed by atoms with van der Waals surface area (Å²) in [5.74, 6) is 1.15. The predicted octanol–water partition coefficient (Wildman–Crippen LogP) is 5.05. The highest BCUT2D eigenvalue weighted by Gasteiger charge is 2.41. The minimum absolute atomic E-state index is 0.143. The van der Waals surface area contributed by atoms with Gasteiger partial charge in [0.05, 0.1) is 61.8 Å². The standard InChI is InChI=1S/C36H48N10O6S/c1-17(2)27(41-35(49)51-7)33(47)45-15-19(5)11-25(45)31-37-13-23(39-31)21-9-10-22(30-29(21)43-53-44-30)24-14-38-32(40-24)26-12-20(6)16-46(26)34(48)28(18(3)4)42-36(50)52-8/h9-10,13-14,17-20,25-28H,11-12,15-16H2,1-8H3,(H,37,39)(H,38,40)(H,41,49)(H,42,50)/t19-,20-,25-,26-,27-,28-/m0/s1. The number of hydrogen-bond donors (Lipinski definition) is 4. The van der Waals surface area contributed by atoms with Gasteiger partial charge in [-0.3, -0.25) is 9.59 Å². The van der Waals surface area contributed by atoms with Crippen LogP contribution in [0, 0.1) is 23.7 Å². The summed E-state index contributed by atoms with van der Waals surface area (Å²) < 4.78 is 18.9. The van der Waals surface area contributed by atoms with E-state index in [9.17, 15) is 19.2 Å². The zero-order chi connectivity index (χ0) is 38.1. The summed E-state index contributed by atoms with van der Waals surface area (Å²) in [6, 6.07) is 1.87. The van der Waals surface area contributed by atoms with Crippen LogP contribution >= 0.6 is 11.7 Å². The minimum atomic E-state index is -0.734. The summed E-state index contributed by atoms with van der Waals surface area (Å²) in [6.45, 7) is 12.8. The summed E-state index contributed by atoms with van der Waals surface area (Å²) in [5, 5.41) is 5.40. The van der Waals surface area contributed by atoms with Crippen LogP contribution in [0.25, 0.3) is 33.5 Å². The Bertz CT molecular complexity index is 1840. The van der Waals surface area contributed by atoms with E-state index in [2.05, 4.69) is 43.2 Å². The van der Waals surface area contributed by atoms with Gasteiger partial charge in [-0.15, -0.1) is 0 Å². The van der Waals surface area contributed by atoms with Crippen LogP contribution in [-0.4, -0.2) is 102 Å². The molecule has 4 aromatic rings. The van der Waals surface area contributed by atoms with E-state index in [1.54, 1.807) is 22.2 Å². The quantitative estimate of drug-likeness (QED) is 0.170. The number of carbonyl (C=O) groups excluding carboxylic acids is 4. The van der Waals surface area contributed by atoms with Crippen molar-refractivity contribution in [2.75, 3.05) is 27.3 Å². The van der Waals surface area contributed by atoms with Crippen LogP contribution in [0.4, 0.5) is 9.59 Å². The van der Waals surface area contributed by atoms with Crippen LogP contribution in [0.15, 0.2) is 24.5 Å². The Morgan fingerprint density at radius 3 is 1.49 bits per heavy atom. The van der Waals surface area contributed by atoms with E-state index in [4.69, 9.17) is 19.4 Å². The smallest absolute Gasteiger partial charge is 0.407 e. The van der Waals surface area contributed by atoms with E-state index in [0.717, 1.165) is 47.1 Å². The lowest BCUT2D eigenvalue weighted by Crippen LogP contribution is -2.51. The number of nitrogens with zero attached hydrogens (tertiary/aromatic N) is 6. The molecule has 6 rings (SSSR count). The molecule has 2 saturated heterocycles. The molecule has 4 N–H and O–H groups in total. The number of alkyl carbamates (subject to hydrolysis) is 2. The van der Waals surface area contributed by atoms with Crippen molar-refractivity contribution < 1.29 is 28.7 Å². The molecule has 3 aromatic heterocycles. The Morgan fingerprint density at radius 1 is 0.736 bits per heavy atom. The number of nitrogens with one attached hydrogen (secondary N) is 4. The summed E-state index contributed by atoms with van der Waals surface area (Å²) in [6.07, 6.45) is 3.65. The van der Waals surface area contributed by atoms with Crippen molar-refractivity contribution in [3.63, 3.8) is 0 Å². The lowest BCUT2D eigenvalue weighted by molar-refractivity contribution is -0.136. The van der Waals surface area contributed by atoms with E-state index >= 15 is 0 Å². The number of benzene rings is 1. The van der Waals surface area contributed by atoms with Crippen LogP contribution < -0.4 is 10.6 Å². The molecule has 17 heteroatoms. The molecule has 0 unspecified atom stereocenters. The maximum Gasteiger partial charge on any atom is 0.407 e. The third kappa shape index (κ3) is 7.57. The molecule has 5 heterocycles. The molecule has 0 radical (unpaired) electrons. The summed E-state index contributed by atoms with van der Waals surface area (Å²) in [5.41, 5.74) is 4.48. The lowest BCUT2D eigenvalue weighted by atomic mass is 10.0. The molecule has 0 aliphatic carbocycles. The molecular formula is C36H48N10O6S. The van der Waals surface area contributed by atoms with E-state index in [-0.39, 0.29) is 47.6 Å². The number of likely N-dealkylation sites (tertiary alicyclic amines) is 2. The van der Waals surface area contributed by atoms with Crippen molar-refractivity contribution in [3.8, 4) is 22.5 Å². The molecule has 284 valence electrons. The molecule has 16 nitrogen and oxygen atoms in total. The third-order valence-electron chi connectivity index (χ3n) is 10.2. The zero-order valence-corrected chi connectivity index (χ0v) is 32.1. The first-order valence-electron chi connectivity index (χ1n) is 18.0. The average molecular weight is 749 g/mol. The van der Waals surface area contributed by atoms with Gasteiger partial charge in [-0.1, -0.05) is 41.5 Å². The van der Waals surface area contributed by atoms with E-state index in [1.807, 2.05) is 39.8 Å². The predicted molar refractivity (Wildman–Crippen MR) is 197 cm³/mol. The van der Waals surface area contributed by atoms with E-state index in [1.165, 1.54) is 14.2 Å². The Labute approximate surface area is 312 Å². The number of methoxy groups -OCH3 is 2. The highest BCUT2D eigenvalue weighted by molar-refractivity contribution is 7.00. The van der Waals surface area contributed by atoms with Gasteiger partial charge in [0, 0.05) is 24.2 Å². The molecule has 2 aliphatic rings. The van der Waals surface area contributed by atoms with E-state index in [0.29, 0.717) is 35.8 Å². The van der Waals surface area contributed by atoms with Crippen molar-refractivity contribution in [2.24, 2.45) is 23.7 Å². The minimum Gasteiger partial charge on any atom is -0.453 e. The first-order chi connectivity index (χ1) is 25.3. The number of H-pyrrole nitrogens is 2. The maximum absolute atomic E-state index is 13.8. The Hall–Kier alpha value is -5.06. The molecular weight excluding hydrogens is 701 g/mol. The van der Waals surface area contributed by atoms with Crippen molar-refractivity contribution in [2.45, 2.75) is 78.6 Å². The van der Waals surface area contributed by atoms with Gasteiger partial charge in [0.25, 0.3) is 0 Å². The van der Waals surface area contributed by atoms with Crippen LogP contribution in [0.3, 0.4) is 0 Å². The third-order valence-corrected chi connectivity index (χ3v) is 10.7. The highest BCUT2D eigenvalue weighted by atomic mass is 32.1. The second-order valence-electron chi connectivity index (χ2n) is 14.9. The number of rotatable bonds is 10. The van der Waals surface area contributed by atoms with Crippen molar-refractivity contribution in [1.82, 2.24) is 49.1 Å². The van der Waals surface area contributed by atoms with Gasteiger partial charge in [0.2, 0.25) is 11.8 Å². The normalized spacial score (nSPS) is 21.3. The van der Waals surface area contributed by atoms with Gasteiger partial charge >= 0.3 is 12.2 Å². The van der Waals surface area contributed by atoms with Crippen molar-refractivity contribution >= 4 is 46.8 Å². The first kappa shape index (κ1) is 37.7. The average Bonchev–Trinajstić information content (AvgIpc) is 3.98. The molecule has 0 bridgehead atoms.